The van der Waals surface area contributed by atoms with E-state index in [0.29, 0.717) is 11.5 Å². The topological polar surface area (TPSA) is 29.5 Å². The third-order valence-corrected chi connectivity index (χ3v) is 2.84. The van der Waals surface area contributed by atoms with Crippen LogP contribution in [0.15, 0.2) is 48.5 Å². The zero-order valence-electron chi connectivity index (χ0n) is 10.6. The predicted octanol–water partition coefficient (Wildman–Crippen LogP) is 4.53. The van der Waals surface area contributed by atoms with Gasteiger partial charge in [-0.3, -0.25) is 0 Å². The molecule has 2 aromatic carbocycles. The number of aryl methyl sites for hydroxylation is 1. The minimum absolute atomic E-state index is 0.317. The zero-order chi connectivity index (χ0) is 12.8. The van der Waals surface area contributed by atoms with Crippen molar-refractivity contribution in [2.75, 3.05) is 0 Å². The second-order valence-electron chi connectivity index (χ2n) is 4.31. The molecule has 0 saturated heterocycles. The van der Waals surface area contributed by atoms with Crippen LogP contribution in [0.25, 0.3) is 0 Å². The van der Waals surface area contributed by atoms with E-state index in [1.54, 1.807) is 6.07 Å². The molecule has 0 aliphatic carbocycles. The Morgan fingerprint density at radius 2 is 1.78 bits per heavy atom. The second-order valence-corrected chi connectivity index (χ2v) is 4.31. The summed E-state index contributed by atoms with van der Waals surface area (Å²) in [4.78, 5) is 0. The van der Waals surface area contributed by atoms with Gasteiger partial charge in [0.1, 0.15) is 17.2 Å². The molecule has 0 saturated carbocycles. The largest absolute Gasteiger partial charge is 0.508 e. The van der Waals surface area contributed by atoms with E-state index in [-0.39, 0.29) is 0 Å². The first-order valence-electron chi connectivity index (χ1n) is 6.34. The monoisotopic (exact) mass is 242 g/mol. The van der Waals surface area contributed by atoms with Gasteiger partial charge >= 0.3 is 0 Å². The van der Waals surface area contributed by atoms with Gasteiger partial charge in [-0.1, -0.05) is 37.6 Å². The van der Waals surface area contributed by atoms with Crippen LogP contribution in [0.1, 0.15) is 25.3 Å². The molecule has 0 spiro atoms. The number of benzene rings is 2. The van der Waals surface area contributed by atoms with Gasteiger partial charge in [0.05, 0.1) is 0 Å². The van der Waals surface area contributed by atoms with Gasteiger partial charge < -0.3 is 9.84 Å². The van der Waals surface area contributed by atoms with Crippen LogP contribution in [0.5, 0.6) is 17.2 Å². The number of aromatic hydroxyl groups is 1. The number of rotatable bonds is 5. The van der Waals surface area contributed by atoms with Crippen molar-refractivity contribution in [3.63, 3.8) is 0 Å². The van der Waals surface area contributed by atoms with Crippen molar-refractivity contribution in [1.29, 1.82) is 0 Å². The second kappa shape index (κ2) is 6.10. The molecule has 0 atom stereocenters. The number of hydrogen-bond acceptors (Lipinski definition) is 2. The molecule has 1 N–H and O–H groups in total. The Bertz CT molecular complexity index is 492. The number of phenolic OH excluding ortho intramolecular Hbond substituents is 1. The van der Waals surface area contributed by atoms with Crippen LogP contribution in [-0.2, 0) is 6.42 Å². The molecule has 0 radical (unpaired) electrons. The van der Waals surface area contributed by atoms with E-state index in [9.17, 15) is 5.11 Å². The van der Waals surface area contributed by atoms with Gasteiger partial charge in [0, 0.05) is 6.07 Å². The average molecular weight is 242 g/mol. The van der Waals surface area contributed by atoms with Crippen LogP contribution >= 0.6 is 0 Å². The SMILES string of the molecule is CCCCc1ccc(Oc2ccccc2)cc1O. The van der Waals surface area contributed by atoms with Crippen molar-refractivity contribution in [3.05, 3.63) is 54.1 Å². The molecule has 0 fully saturated rings. The summed E-state index contributed by atoms with van der Waals surface area (Å²) in [6.45, 7) is 2.14. The van der Waals surface area contributed by atoms with Crippen molar-refractivity contribution < 1.29 is 9.84 Å². The molecule has 94 valence electrons. The summed E-state index contributed by atoms with van der Waals surface area (Å²) in [6.07, 6.45) is 3.13. The summed E-state index contributed by atoms with van der Waals surface area (Å²) in [6, 6.07) is 15.1. The molecule has 2 rings (SSSR count). The number of ether oxygens (including phenoxy) is 1. The predicted molar refractivity (Wildman–Crippen MR) is 73.2 cm³/mol. The lowest BCUT2D eigenvalue weighted by Gasteiger charge is -2.08. The highest BCUT2D eigenvalue weighted by Crippen LogP contribution is 2.28. The van der Waals surface area contributed by atoms with Gasteiger partial charge in [0.25, 0.3) is 0 Å². The minimum Gasteiger partial charge on any atom is -0.508 e. The van der Waals surface area contributed by atoms with Crippen LogP contribution in [0.2, 0.25) is 0 Å². The highest BCUT2D eigenvalue weighted by Gasteiger charge is 2.03. The normalized spacial score (nSPS) is 10.3. The number of hydrogen-bond donors (Lipinski definition) is 1. The van der Waals surface area contributed by atoms with Gasteiger partial charge in [0.2, 0.25) is 0 Å². The van der Waals surface area contributed by atoms with E-state index < -0.39 is 0 Å². The summed E-state index contributed by atoms with van der Waals surface area (Å²) < 4.78 is 5.66. The van der Waals surface area contributed by atoms with Crippen molar-refractivity contribution in [2.45, 2.75) is 26.2 Å². The van der Waals surface area contributed by atoms with Crippen LogP contribution in [-0.4, -0.2) is 5.11 Å². The van der Waals surface area contributed by atoms with Crippen molar-refractivity contribution in [1.82, 2.24) is 0 Å². The fourth-order valence-electron chi connectivity index (χ4n) is 1.81. The summed E-state index contributed by atoms with van der Waals surface area (Å²) in [5.41, 5.74) is 0.984. The van der Waals surface area contributed by atoms with Crippen molar-refractivity contribution in [2.24, 2.45) is 0 Å². The van der Waals surface area contributed by atoms with E-state index in [1.807, 2.05) is 42.5 Å². The molecular weight excluding hydrogens is 224 g/mol. The molecule has 2 nitrogen and oxygen atoms in total. The fourth-order valence-corrected chi connectivity index (χ4v) is 1.81. The van der Waals surface area contributed by atoms with E-state index in [0.717, 1.165) is 30.6 Å². The standard InChI is InChI=1S/C16H18O2/c1-2-3-7-13-10-11-15(12-16(13)17)18-14-8-5-4-6-9-14/h4-6,8-12,17H,2-3,7H2,1H3. The number of phenols is 1. The van der Waals surface area contributed by atoms with Gasteiger partial charge in [0.15, 0.2) is 0 Å². The molecule has 0 amide bonds. The summed E-state index contributed by atoms with van der Waals surface area (Å²) in [7, 11) is 0. The summed E-state index contributed by atoms with van der Waals surface area (Å²) in [5, 5.41) is 9.92. The summed E-state index contributed by atoms with van der Waals surface area (Å²) >= 11 is 0. The van der Waals surface area contributed by atoms with E-state index in [2.05, 4.69) is 6.92 Å². The quantitative estimate of drug-likeness (QED) is 0.834. The Morgan fingerprint density at radius 3 is 2.44 bits per heavy atom. The molecule has 0 bridgehead atoms. The third-order valence-electron chi connectivity index (χ3n) is 2.84. The van der Waals surface area contributed by atoms with Gasteiger partial charge in [-0.15, -0.1) is 0 Å². The molecular formula is C16H18O2. The van der Waals surface area contributed by atoms with Gasteiger partial charge in [-0.05, 0) is 36.6 Å². The maximum Gasteiger partial charge on any atom is 0.131 e. The zero-order valence-corrected chi connectivity index (χ0v) is 10.6. The smallest absolute Gasteiger partial charge is 0.131 e. The lowest BCUT2D eigenvalue weighted by Crippen LogP contribution is -1.88. The highest BCUT2D eigenvalue weighted by atomic mass is 16.5. The maximum atomic E-state index is 9.92. The highest BCUT2D eigenvalue weighted by molar-refractivity contribution is 5.41. The van der Waals surface area contributed by atoms with Crippen LogP contribution < -0.4 is 4.74 Å². The Labute approximate surface area is 108 Å². The number of unbranched alkanes of at least 4 members (excludes halogenated alkanes) is 1. The van der Waals surface area contributed by atoms with Crippen molar-refractivity contribution in [3.8, 4) is 17.2 Å². The first-order valence-corrected chi connectivity index (χ1v) is 6.34. The average Bonchev–Trinajstić information content (AvgIpc) is 2.39. The Hall–Kier alpha value is -1.96. The lowest BCUT2D eigenvalue weighted by atomic mass is 10.1. The fraction of sp³-hybridized carbons (Fsp3) is 0.250. The molecule has 0 heterocycles. The Morgan fingerprint density at radius 1 is 1.00 bits per heavy atom. The first-order chi connectivity index (χ1) is 8.79. The van der Waals surface area contributed by atoms with Gasteiger partial charge in [-0.25, -0.2) is 0 Å². The van der Waals surface area contributed by atoms with Gasteiger partial charge in [-0.2, -0.15) is 0 Å². The lowest BCUT2D eigenvalue weighted by molar-refractivity contribution is 0.449. The Kier molecular flexibility index (Phi) is 4.24. The summed E-state index contributed by atoms with van der Waals surface area (Å²) in [5.74, 6) is 1.76. The molecule has 2 aromatic rings. The van der Waals surface area contributed by atoms with Crippen molar-refractivity contribution >= 4 is 0 Å². The van der Waals surface area contributed by atoms with Crippen LogP contribution in [0.3, 0.4) is 0 Å². The third kappa shape index (κ3) is 3.27. The van der Waals surface area contributed by atoms with Crippen LogP contribution in [0.4, 0.5) is 0 Å². The molecule has 2 heteroatoms. The first kappa shape index (κ1) is 12.5. The van der Waals surface area contributed by atoms with Crippen LogP contribution in [0, 0.1) is 0 Å². The van der Waals surface area contributed by atoms with E-state index in [4.69, 9.17) is 4.74 Å². The molecule has 0 unspecified atom stereocenters. The molecule has 18 heavy (non-hydrogen) atoms. The van der Waals surface area contributed by atoms with E-state index in [1.165, 1.54) is 0 Å². The van der Waals surface area contributed by atoms with E-state index >= 15 is 0 Å². The number of para-hydroxylation sites is 1. The molecule has 0 aliphatic rings. The Balaban J connectivity index is 2.09. The minimum atomic E-state index is 0.317. The molecule has 0 aromatic heterocycles. The maximum absolute atomic E-state index is 9.92. The molecule has 0 aliphatic heterocycles.